The Kier molecular flexibility index (Phi) is 2.77. The van der Waals surface area contributed by atoms with E-state index in [1.165, 1.54) is 16.7 Å². The maximum absolute atomic E-state index is 6.17. The predicted octanol–water partition coefficient (Wildman–Crippen LogP) is 3.87. The lowest BCUT2D eigenvalue weighted by Gasteiger charge is -2.06. The number of hydrogen-bond acceptors (Lipinski definition) is 1. The zero-order valence-electron chi connectivity index (χ0n) is 9.45. The Morgan fingerprint density at radius 1 is 1.12 bits per heavy atom. The first-order valence-electron chi connectivity index (χ1n) is 5.81. The molecule has 0 atom stereocenters. The number of halogens is 1. The van der Waals surface area contributed by atoms with Gasteiger partial charge in [0.25, 0.3) is 0 Å². The Balaban J connectivity index is 1.89. The van der Waals surface area contributed by atoms with Crippen molar-refractivity contribution in [1.82, 2.24) is 0 Å². The van der Waals surface area contributed by atoms with Crippen LogP contribution in [-0.4, -0.2) is 6.61 Å². The highest BCUT2D eigenvalue weighted by atomic mass is 35.5. The molecule has 1 aliphatic heterocycles. The SMILES string of the molecule is Clc1ccccc1Cc1ccc2c(c1)CCO2. The van der Waals surface area contributed by atoms with Crippen molar-refractivity contribution in [3.8, 4) is 5.75 Å². The Morgan fingerprint density at radius 3 is 2.88 bits per heavy atom. The summed E-state index contributed by atoms with van der Waals surface area (Å²) in [5.41, 5.74) is 3.78. The van der Waals surface area contributed by atoms with Crippen molar-refractivity contribution in [3.63, 3.8) is 0 Å². The van der Waals surface area contributed by atoms with Crippen molar-refractivity contribution >= 4 is 11.6 Å². The molecule has 2 aromatic rings. The fourth-order valence-electron chi connectivity index (χ4n) is 2.21. The average molecular weight is 245 g/mol. The van der Waals surface area contributed by atoms with E-state index in [1.807, 2.05) is 18.2 Å². The zero-order valence-corrected chi connectivity index (χ0v) is 10.2. The molecule has 1 nitrogen and oxygen atoms in total. The quantitative estimate of drug-likeness (QED) is 0.779. The topological polar surface area (TPSA) is 9.23 Å². The van der Waals surface area contributed by atoms with Gasteiger partial charge in [0, 0.05) is 11.4 Å². The highest BCUT2D eigenvalue weighted by molar-refractivity contribution is 6.31. The second-order valence-electron chi connectivity index (χ2n) is 4.31. The van der Waals surface area contributed by atoms with Gasteiger partial charge in [-0.05, 0) is 35.2 Å². The van der Waals surface area contributed by atoms with Crippen molar-refractivity contribution in [2.24, 2.45) is 0 Å². The van der Waals surface area contributed by atoms with Crippen molar-refractivity contribution in [2.75, 3.05) is 6.61 Å². The zero-order chi connectivity index (χ0) is 11.7. The first kappa shape index (κ1) is 10.7. The van der Waals surface area contributed by atoms with Crippen molar-refractivity contribution in [1.29, 1.82) is 0 Å². The summed E-state index contributed by atoms with van der Waals surface area (Å²) < 4.78 is 5.50. The molecule has 0 radical (unpaired) electrons. The molecule has 0 fully saturated rings. The fourth-order valence-corrected chi connectivity index (χ4v) is 2.41. The van der Waals surface area contributed by atoms with Gasteiger partial charge >= 0.3 is 0 Å². The molecule has 0 unspecified atom stereocenters. The fraction of sp³-hybridized carbons (Fsp3) is 0.200. The Hall–Kier alpha value is -1.47. The van der Waals surface area contributed by atoms with E-state index in [9.17, 15) is 0 Å². The highest BCUT2D eigenvalue weighted by Gasteiger charge is 2.12. The summed E-state index contributed by atoms with van der Waals surface area (Å²) in [4.78, 5) is 0. The van der Waals surface area contributed by atoms with E-state index in [-0.39, 0.29) is 0 Å². The van der Waals surface area contributed by atoms with Gasteiger partial charge in [-0.25, -0.2) is 0 Å². The third kappa shape index (κ3) is 2.16. The summed E-state index contributed by atoms with van der Waals surface area (Å²) in [6.07, 6.45) is 1.90. The maximum Gasteiger partial charge on any atom is 0.122 e. The van der Waals surface area contributed by atoms with Crippen LogP contribution < -0.4 is 4.74 Å². The normalized spacial score (nSPS) is 13.2. The van der Waals surface area contributed by atoms with Crippen LogP contribution in [0.3, 0.4) is 0 Å². The molecule has 0 saturated carbocycles. The van der Waals surface area contributed by atoms with Gasteiger partial charge in [-0.2, -0.15) is 0 Å². The van der Waals surface area contributed by atoms with Crippen LogP contribution in [0.5, 0.6) is 5.75 Å². The molecule has 0 aromatic heterocycles. The summed E-state index contributed by atoms with van der Waals surface area (Å²) in [5.74, 6) is 1.04. The molecule has 0 N–H and O–H groups in total. The average Bonchev–Trinajstić information content (AvgIpc) is 2.79. The summed E-state index contributed by atoms with van der Waals surface area (Å²) in [7, 11) is 0. The summed E-state index contributed by atoms with van der Waals surface area (Å²) in [6.45, 7) is 0.810. The molecule has 0 spiro atoms. The number of fused-ring (bicyclic) bond motifs is 1. The third-order valence-corrected chi connectivity index (χ3v) is 3.48. The van der Waals surface area contributed by atoms with Gasteiger partial charge in [0.1, 0.15) is 5.75 Å². The van der Waals surface area contributed by atoms with Crippen LogP contribution in [0, 0.1) is 0 Å². The van der Waals surface area contributed by atoms with E-state index in [4.69, 9.17) is 16.3 Å². The van der Waals surface area contributed by atoms with Gasteiger partial charge in [-0.1, -0.05) is 41.9 Å². The predicted molar refractivity (Wildman–Crippen MR) is 69.9 cm³/mol. The van der Waals surface area contributed by atoms with Crippen LogP contribution in [0.2, 0.25) is 5.02 Å². The molecule has 3 rings (SSSR count). The van der Waals surface area contributed by atoms with E-state index in [2.05, 4.69) is 24.3 Å². The van der Waals surface area contributed by atoms with E-state index < -0.39 is 0 Å². The van der Waals surface area contributed by atoms with E-state index in [0.29, 0.717) is 0 Å². The van der Waals surface area contributed by atoms with Gasteiger partial charge in [0.05, 0.1) is 6.61 Å². The largest absolute Gasteiger partial charge is 0.493 e. The Bertz CT molecular complexity index is 548. The smallest absolute Gasteiger partial charge is 0.122 e. The molecule has 0 amide bonds. The Labute approximate surface area is 106 Å². The minimum absolute atomic E-state index is 0.810. The summed E-state index contributed by atoms with van der Waals surface area (Å²) >= 11 is 6.17. The molecule has 1 aliphatic rings. The van der Waals surface area contributed by atoms with E-state index >= 15 is 0 Å². The second kappa shape index (κ2) is 4.42. The summed E-state index contributed by atoms with van der Waals surface area (Å²) in [5, 5.41) is 0.837. The molecule has 0 saturated heterocycles. The number of benzene rings is 2. The van der Waals surface area contributed by atoms with Gasteiger partial charge in [0.15, 0.2) is 0 Å². The lowest BCUT2D eigenvalue weighted by molar-refractivity contribution is 0.357. The van der Waals surface area contributed by atoms with Crippen LogP contribution in [0.25, 0.3) is 0 Å². The monoisotopic (exact) mass is 244 g/mol. The van der Waals surface area contributed by atoms with Gasteiger partial charge in [0.2, 0.25) is 0 Å². The Morgan fingerprint density at radius 2 is 2.00 bits per heavy atom. The maximum atomic E-state index is 6.17. The van der Waals surface area contributed by atoms with Crippen LogP contribution >= 0.6 is 11.6 Å². The second-order valence-corrected chi connectivity index (χ2v) is 4.72. The molecule has 0 bridgehead atoms. The van der Waals surface area contributed by atoms with Crippen LogP contribution in [0.15, 0.2) is 42.5 Å². The van der Waals surface area contributed by atoms with Crippen molar-refractivity contribution in [2.45, 2.75) is 12.8 Å². The number of rotatable bonds is 2. The number of ether oxygens (including phenoxy) is 1. The van der Waals surface area contributed by atoms with Crippen molar-refractivity contribution < 1.29 is 4.74 Å². The first-order chi connectivity index (χ1) is 8.33. The van der Waals surface area contributed by atoms with Gasteiger partial charge < -0.3 is 4.74 Å². The van der Waals surface area contributed by atoms with Crippen LogP contribution in [0.4, 0.5) is 0 Å². The highest BCUT2D eigenvalue weighted by Crippen LogP contribution is 2.27. The van der Waals surface area contributed by atoms with Crippen molar-refractivity contribution in [3.05, 3.63) is 64.2 Å². The molecule has 17 heavy (non-hydrogen) atoms. The summed E-state index contributed by atoms with van der Waals surface area (Å²) in [6, 6.07) is 14.4. The van der Waals surface area contributed by atoms with E-state index in [0.717, 1.165) is 30.2 Å². The van der Waals surface area contributed by atoms with Gasteiger partial charge in [-0.15, -0.1) is 0 Å². The van der Waals surface area contributed by atoms with Crippen LogP contribution in [-0.2, 0) is 12.8 Å². The lowest BCUT2D eigenvalue weighted by Crippen LogP contribution is -1.90. The molecule has 2 heteroatoms. The molecule has 1 heterocycles. The molecular weight excluding hydrogens is 232 g/mol. The number of hydrogen-bond donors (Lipinski definition) is 0. The first-order valence-corrected chi connectivity index (χ1v) is 6.19. The van der Waals surface area contributed by atoms with Gasteiger partial charge in [-0.3, -0.25) is 0 Å². The van der Waals surface area contributed by atoms with E-state index in [1.54, 1.807) is 0 Å². The molecule has 2 aromatic carbocycles. The van der Waals surface area contributed by atoms with Crippen LogP contribution in [0.1, 0.15) is 16.7 Å². The third-order valence-electron chi connectivity index (χ3n) is 3.11. The standard InChI is InChI=1S/C15H13ClO/c16-14-4-2-1-3-12(14)9-11-5-6-15-13(10-11)7-8-17-15/h1-6,10H,7-9H2. The lowest BCUT2D eigenvalue weighted by atomic mass is 10.0. The molecule has 86 valence electrons. The molecular formula is C15H13ClO. The molecule has 0 aliphatic carbocycles. The minimum atomic E-state index is 0.810. The minimum Gasteiger partial charge on any atom is -0.493 e.